The molecule has 23 heavy (non-hydrogen) atoms. The van der Waals surface area contributed by atoms with Crippen molar-refractivity contribution < 1.29 is 24.9 Å². The number of aromatic hydroxyl groups is 1. The molecule has 2 aromatic carbocycles. The molecule has 0 aliphatic rings. The molecule has 5 nitrogen and oxygen atoms in total. The van der Waals surface area contributed by atoms with Crippen LogP contribution in [0.25, 0.3) is 11.1 Å². The van der Waals surface area contributed by atoms with Crippen LogP contribution in [0.5, 0.6) is 5.75 Å². The van der Waals surface area contributed by atoms with Gasteiger partial charge in [-0.05, 0) is 29.2 Å². The lowest BCUT2D eigenvalue weighted by Gasteiger charge is -2.23. The van der Waals surface area contributed by atoms with Gasteiger partial charge in [0.1, 0.15) is 5.75 Å². The Morgan fingerprint density at radius 3 is 2.04 bits per heavy atom. The van der Waals surface area contributed by atoms with Crippen LogP contribution in [0.1, 0.15) is 47.1 Å². The predicted molar refractivity (Wildman–Crippen MR) is 86.2 cm³/mol. The van der Waals surface area contributed by atoms with Crippen LogP contribution < -0.4 is 0 Å². The Morgan fingerprint density at radius 1 is 0.913 bits per heavy atom. The SMILES string of the molecule is CC(C)(C)c1cc(C(=O)O)cc(-c2ccccc2C(=O)O)c1O. The molecule has 3 N–H and O–H groups in total. The maximum atomic E-state index is 11.4. The second kappa shape index (κ2) is 5.76. The van der Waals surface area contributed by atoms with Gasteiger partial charge >= 0.3 is 11.9 Å². The summed E-state index contributed by atoms with van der Waals surface area (Å²) >= 11 is 0. The van der Waals surface area contributed by atoms with Gasteiger partial charge in [-0.15, -0.1) is 0 Å². The highest BCUT2D eigenvalue weighted by Gasteiger charge is 2.25. The van der Waals surface area contributed by atoms with Crippen LogP contribution in [-0.2, 0) is 5.41 Å². The van der Waals surface area contributed by atoms with Crippen molar-refractivity contribution in [2.45, 2.75) is 26.2 Å². The Hall–Kier alpha value is -2.82. The Balaban J connectivity index is 2.85. The summed E-state index contributed by atoms with van der Waals surface area (Å²) in [5.74, 6) is -2.38. The fraction of sp³-hybridized carbons (Fsp3) is 0.222. The maximum absolute atomic E-state index is 11.4. The number of hydrogen-bond donors (Lipinski definition) is 3. The highest BCUT2D eigenvalue weighted by molar-refractivity contribution is 5.99. The third-order valence-corrected chi connectivity index (χ3v) is 3.61. The molecular formula is C18H18O5. The van der Waals surface area contributed by atoms with E-state index in [1.807, 2.05) is 20.8 Å². The molecule has 0 radical (unpaired) electrons. The van der Waals surface area contributed by atoms with E-state index in [0.29, 0.717) is 5.56 Å². The minimum Gasteiger partial charge on any atom is -0.507 e. The van der Waals surface area contributed by atoms with Crippen LogP contribution in [0.3, 0.4) is 0 Å². The average Bonchev–Trinajstić information content (AvgIpc) is 2.46. The van der Waals surface area contributed by atoms with E-state index >= 15 is 0 Å². The van der Waals surface area contributed by atoms with Gasteiger partial charge in [0.2, 0.25) is 0 Å². The third kappa shape index (κ3) is 3.18. The van der Waals surface area contributed by atoms with E-state index in [1.54, 1.807) is 18.2 Å². The fourth-order valence-corrected chi connectivity index (χ4v) is 2.44. The van der Waals surface area contributed by atoms with E-state index in [2.05, 4.69) is 0 Å². The summed E-state index contributed by atoms with van der Waals surface area (Å²) in [6.45, 7) is 5.54. The number of carbonyl (C=O) groups is 2. The number of carboxylic acid groups (broad SMARTS) is 2. The average molecular weight is 314 g/mol. The predicted octanol–water partition coefficient (Wildman–Crippen LogP) is 3.75. The van der Waals surface area contributed by atoms with Crippen molar-refractivity contribution in [3.63, 3.8) is 0 Å². The molecule has 2 rings (SSSR count). The smallest absolute Gasteiger partial charge is 0.336 e. The zero-order chi connectivity index (χ0) is 17.4. The van der Waals surface area contributed by atoms with E-state index < -0.39 is 17.4 Å². The van der Waals surface area contributed by atoms with Crippen molar-refractivity contribution in [3.8, 4) is 16.9 Å². The van der Waals surface area contributed by atoms with Gasteiger partial charge in [0.15, 0.2) is 0 Å². The molecule has 0 saturated heterocycles. The van der Waals surface area contributed by atoms with Crippen molar-refractivity contribution >= 4 is 11.9 Å². The summed E-state index contributed by atoms with van der Waals surface area (Å²) in [6.07, 6.45) is 0. The van der Waals surface area contributed by atoms with Crippen LogP contribution in [0.15, 0.2) is 36.4 Å². The van der Waals surface area contributed by atoms with Gasteiger partial charge in [0, 0.05) is 11.1 Å². The topological polar surface area (TPSA) is 94.8 Å². The highest BCUT2D eigenvalue weighted by Crippen LogP contribution is 2.40. The fourth-order valence-electron chi connectivity index (χ4n) is 2.44. The Labute approximate surface area is 133 Å². The quantitative estimate of drug-likeness (QED) is 0.802. The lowest BCUT2D eigenvalue weighted by Crippen LogP contribution is -2.14. The van der Waals surface area contributed by atoms with Crippen molar-refractivity contribution in [1.82, 2.24) is 0 Å². The first-order valence-electron chi connectivity index (χ1n) is 7.06. The summed E-state index contributed by atoms with van der Waals surface area (Å²) in [6, 6.07) is 8.91. The minimum absolute atomic E-state index is 0.00270. The number of hydrogen-bond acceptors (Lipinski definition) is 3. The molecular weight excluding hydrogens is 296 g/mol. The van der Waals surface area contributed by atoms with E-state index in [0.717, 1.165) is 0 Å². The lowest BCUT2D eigenvalue weighted by atomic mass is 9.82. The van der Waals surface area contributed by atoms with Gasteiger partial charge in [-0.25, -0.2) is 9.59 Å². The van der Waals surface area contributed by atoms with Gasteiger partial charge in [-0.1, -0.05) is 39.0 Å². The molecule has 0 aliphatic heterocycles. The summed E-state index contributed by atoms with van der Waals surface area (Å²) in [7, 11) is 0. The van der Waals surface area contributed by atoms with Crippen molar-refractivity contribution in [2.75, 3.05) is 0 Å². The highest BCUT2D eigenvalue weighted by atomic mass is 16.4. The van der Waals surface area contributed by atoms with Crippen LogP contribution >= 0.6 is 0 Å². The lowest BCUT2D eigenvalue weighted by molar-refractivity contribution is 0.0687. The van der Waals surface area contributed by atoms with Gasteiger partial charge in [0.25, 0.3) is 0 Å². The molecule has 0 bridgehead atoms. The minimum atomic E-state index is -1.14. The molecule has 0 spiro atoms. The molecule has 0 amide bonds. The van der Waals surface area contributed by atoms with Gasteiger partial charge < -0.3 is 15.3 Å². The molecule has 5 heteroatoms. The Bertz CT molecular complexity index is 784. The summed E-state index contributed by atoms with van der Waals surface area (Å²) in [5.41, 5.74) is 0.447. The van der Waals surface area contributed by atoms with Crippen LogP contribution in [0.2, 0.25) is 0 Å². The summed E-state index contributed by atoms with van der Waals surface area (Å²) in [5, 5.41) is 29.2. The number of carboxylic acids is 2. The number of phenols is 1. The molecule has 0 fully saturated rings. The molecule has 0 atom stereocenters. The standard InChI is InChI=1S/C18H18O5/c1-18(2,3)14-9-10(16(20)21)8-13(15(14)19)11-6-4-5-7-12(11)17(22)23/h4-9,19H,1-3H3,(H,20,21)(H,22,23). The van der Waals surface area contributed by atoms with Gasteiger partial charge in [-0.3, -0.25) is 0 Å². The second-order valence-electron chi connectivity index (χ2n) is 6.33. The van der Waals surface area contributed by atoms with Crippen LogP contribution in [0, 0.1) is 0 Å². The van der Waals surface area contributed by atoms with E-state index in [1.165, 1.54) is 18.2 Å². The monoisotopic (exact) mass is 314 g/mol. The molecule has 0 unspecified atom stereocenters. The van der Waals surface area contributed by atoms with Gasteiger partial charge in [-0.2, -0.15) is 0 Å². The zero-order valence-corrected chi connectivity index (χ0v) is 13.1. The Kier molecular flexibility index (Phi) is 4.14. The van der Waals surface area contributed by atoms with Gasteiger partial charge in [0.05, 0.1) is 11.1 Å². The summed E-state index contributed by atoms with van der Waals surface area (Å²) < 4.78 is 0. The van der Waals surface area contributed by atoms with Crippen LogP contribution in [-0.4, -0.2) is 27.3 Å². The van der Waals surface area contributed by atoms with Crippen LogP contribution in [0.4, 0.5) is 0 Å². The Morgan fingerprint density at radius 2 is 1.52 bits per heavy atom. The van der Waals surface area contributed by atoms with E-state index in [-0.39, 0.29) is 28.0 Å². The van der Waals surface area contributed by atoms with E-state index in [9.17, 15) is 24.9 Å². The first-order valence-corrected chi connectivity index (χ1v) is 7.06. The number of aromatic carboxylic acids is 2. The molecule has 120 valence electrons. The first-order chi connectivity index (χ1) is 10.6. The number of phenolic OH excluding ortho intramolecular Hbond substituents is 1. The largest absolute Gasteiger partial charge is 0.507 e. The summed E-state index contributed by atoms with van der Waals surface area (Å²) in [4.78, 5) is 22.8. The third-order valence-electron chi connectivity index (χ3n) is 3.61. The molecule has 2 aromatic rings. The number of benzene rings is 2. The maximum Gasteiger partial charge on any atom is 0.336 e. The van der Waals surface area contributed by atoms with Crippen molar-refractivity contribution in [3.05, 3.63) is 53.1 Å². The second-order valence-corrected chi connectivity index (χ2v) is 6.33. The molecule has 0 aliphatic carbocycles. The van der Waals surface area contributed by atoms with E-state index in [4.69, 9.17) is 0 Å². The van der Waals surface area contributed by atoms with Crippen molar-refractivity contribution in [1.29, 1.82) is 0 Å². The normalized spacial score (nSPS) is 11.3. The van der Waals surface area contributed by atoms with Crippen molar-refractivity contribution in [2.24, 2.45) is 0 Å². The molecule has 0 heterocycles. The zero-order valence-electron chi connectivity index (χ0n) is 13.1. The number of rotatable bonds is 3. The first kappa shape index (κ1) is 16.5. The molecule has 0 saturated carbocycles. The molecule has 0 aromatic heterocycles.